The molecule has 2 N–H and O–H groups in total. The van der Waals surface area contributed by atoms with Crippen molar-refractivity contribution in [2.24, 2.45) is 0 Å². The molecule has 1 aliphatic carbocycles. The van der Waals surface area contributed by atoms with E-state index in [1.165, 1.54) is 5.56 Å². The van der Waals surface area contributed by atoms with Crippen LogP contribution in [0.1, 0.15) is 47.2 Å². The van der Waals surface area contributed by atoms with Crippen LogP contribution in [0.3, 0.4) is 0 Å². The number of nitrogens with zero attached hydrogens (tertiary/aromatic N) is 2. The van der Waals surface area contributed by atoms with Gasteiger partial charge in [-0.15, -0.1) is 0 Å². The first kappa shape index (κ1) is 14.5. The predicted molar refractivity (Wildman–Crippen MR) is 83.6 cm³/mol. The fourth-order valence-electron chi connectivity index (χ4n) is 2.68. The number of ether oxygens (including phenoxy) is 1. The number of hydrogen-bond donors (Lipinski definition) is 1. The molecular weight excluding hydrogens is 278 g/mol. The average molecular weight is 297 g/mol. The van der Waals surface area contributed by atoms with Crippen LogP contribution < -0.4 is 5.73 Å². The van der Waals surface area contributed by atoms with Crippen molar-refractivity contribution in [3.63, 3.8) is 0 Å². The molecule has 1 aromatic heterocycles. The molecule has 2 aromatic rings. The molecule has 0 spiro atoms. The second-order valence-electron chi connectivity index (χ2n) is 5.62. The highest BCUT2D eigenvalue weighted by atomic mass is 16.5. The number of aryl methyl sites for hydroxylation is 1. The molecule has 0 saturated heterocycles. The van der Waals surface area contributed by atoms with Crippen LogP contribution in [0.15, 0.2) is 30.5 Å². The summed E-state index contributed by atoms with van der Waals surface area (Å²) in [6.45, 7) is 3.94. The molecule has 0 radical (unpaired) electrons. The summed E-state index contributed by atoms with van der Waals surface area (Å²) in [7, 11) is 0. The molecule has 0 amide bonds. The van der Waals surface area contributed by atoms with Crippen molar-refractivity contribution in [3.8, 4) is 0 Å². The highest BCUT2D eigenvalue weighted by Crippen LogP contribution is 2.52. The van der Waals surface area contributed by atoms with Gasteiger partial charge in [0.15, 0.2) is 0 Å². The van der Waals surface area contributed by atoms with E-state index in [-0.39, 0.29) is 11.4 Å². The first-order valence-corrected chi connectivity index (χ1v) is 7.44. The van der Waals surface area contributed by atoms with E-state index in [1.54, 1.807) is 13.1 Å². The fourth-order valence-corrected chi connectivity index (χ4v) is 2.68. The molecule has 114 valence electrons. The minimum absolute atomic E-state index is 0.133. The zero-order valence-corrected chi connectivity index (χ0v) is 12.8. The van der Waals surface area contributed by atoms with Crippen LogP contribution >= 0.6 is 0 Å². The molecule has 0 aliphatic heterocycles. The van der Waals surface area contributed by atoms with Crippen LogP contribution in [0, 0.1) is 6.92 Å². The van der Waals surface area contributed by atoms with Gasteiger partial charge < -0.3 is 10.5 Å². The van der Waals surface area contributed by atoms with Crippen LogP contribution in [-0.2, 0) is 10.2 Å². The maximum Gasteiger partial charge on any atom is 0.341 e. The zero-order valence-electron chi connectivity index (χ0n) is 12.8. The number of carbonyl (C=O) groups is 1. The largest absolute Gasteiger partial charge is 0.462 e. The Labute approximate surface area is 129 Å². The number of nitrogens with two attached hydrogens (primary N) is 1. The van der Waals surface area contributed by atoms with Gasteiger partial charge in [0.05, 0.1) is 23.3 Å². The lowest BCUT2D eigenvalue weighted by molar-refractivity contribution is 0.0524. The molecule has 5 heteroatoms. The number of nitrogen functional groups attached to an aromatic ring is 1. The van der Waals surface area contributed by atoms with Crippen molar-refractivity contribution in [2.45, 2.75) is 32.1 Å². The molecule has 1 aliphatic rings. The fraction of sp³-hybridized carbons (Fsp3) is 0.353. The lowest BCUT2D eigenvalue weighted by atomic mass is 9.94. The van der Waals surface area contributed by atoms with Gasteiger partial charge in [0.1, 0.15) is 5.82 Å². The van der Waals surface area contributed by atoms with Gasteiger partial charge in [-0.25, -0.2) is 14.8 Å². The maximum absolute atomic E-state index is 11.8. The van der Waals surface area contributed by atoms with Crippen molar-refractivity contribution in [1.29, 1.82) is 0 Å². The van der Waals surface area contributed by atoms with Crippen molar-refractivity contribution in [3.05, 3.63) is 53.1 Å². The topological polar surface area (TPSA) is 78.1 Å². The van der Waals surface area contributed by atoms with Gasteiger partial charge in [-0.3, -0.25) is 0 Å². The van der Waals surface area contributed by atoms with Crippen LogP contribution in [0.5, 0.6) is 0 Å². The van der Waals surface area contributed by atoms with Gasteiger partial charge in [0.25, 0.3) is 0 Å². The van der Waals surface area contributed by atoms with Crippen LogP contribution in [0.2, 0.25) is 0 Å². The molecule has 22 heavy (non-hydrogen) atoms. The molecule has 3 rings (SSSR count). The quantitative estimate of drug-likeness (QED) is 0.693. The number of carbonyl (C=O) groups excluding carboxylic acids is 1. The van der Waals surface area contributed by atoms with Crippen molar-refractivity contribution < 1.29 is 9.53 Å². The summed E-state index contributed by atoms with van der Waals surface area (Å²) >= 11 is 0. The molecular formula is C17H19N3O2. The molecule has 0 bridgehead atoms. The Bertz CT molecular complexity index is 706. The normalized spacial score (nSPS) is 15.4. The van der Waals surface area contributed by atoms with E-state index in [0.29, 0.717) is 17.9 Å². The SMILES string of the molecule is CCOC(=O)c1cnc(C2(c3ccc(N)cc3)CC2)nc1C. The van der Waals surface area contributed by atoms with Gasteiger partial charge in [-0.05, 0) is 44.4 Å². The highest BCUT2D eigenvalue weighted by Gasteiger charge is 2.48. The standard InChI is InChI=1S/C17H19N3O2/c1-3-22-15(21)14-10-19-16(20-11(14)2)17(8-9-17)12-4-6-13(18)7-5-12/h4-7,10H,3,8-9,18H2,1-2H3. The summed E-state index contributed by atoms with van der Waals surface area (Å²) < 4.78 is 5.01. The molecule has 0 atom stereocenters. The smallest absolute Gasteiger partial charge is 0.341 e. The molecule has 0 unspecified atom stereocenters. The van der Waals surface area contributed by atoms with E-state index in [4.69, 9.17) is 10.5 Å². The van der Waals surface area contributed by atoms with Crippen LogP contribution in [0.25, 0.3) is 0 Å². The Morgan fingerprint density at radius 3 is 2.55 bits per heavy atom. The second kappa shape index (κ2) is 5.40. The van der Waals surface area contributed by atoms with Gasteiger partial charge in [0, 0.05) is 11.9 Å². The molecule has 1 fully saturated rings. The lowest BCUT2D eigenvalue weighted by Gasteiger charge is -2.16. The second-order valence-corrected chi connectivity index (χ2v) is 5.62. The predicted octanol–water partition coefficient (Wildman–Crippen LogP) is 2.62. The van der Waals surface area contributed by atoms with Gasteiger partial charge >= 0.3 is 5.97 Å². The van der Waals surface area contributed by atoms with E-state index in [0.717, 1.165) is 24.4 Å². The summed E-state index contributed by atoms with van der Waals surface area (Å²) in [6, 6.07) is 7.85. The third-order valence-electron chi connectivity index (χ3n) is 4.12. The van der Waals surface area contributed by atoms with Gasteiger partial charge in [-0.2, -0.15) is 0 Å². The van der Waals surface area contributed by atoms with E-state index >= 15 is 0 Å². The van der Waals surface area contributed by atoms with Crippen molar-refractivity contribution in [2.75, 3.05) is 12.3 Å². The first-order valence-electron chi connectivity index (χ1n) is 7.44. The number of rotatable bonds is 4. The van der Waals surface area contributed by atoms with Crippen molar-refractivity contribution in [1.82, 2.24) is 9.97 Å². The molecule has 1 aromatic carbocycles. The van der Waals surface area contributed by atoms with E-state index in [2.05, 4.69) is 9.97 Å². The first-order chi connectivity index (χ1) is 10.6. The maximum atomic E-state index is 11.8. The number of benzene rings is 1. The Morgan fingerprint density at radius 1 is 1.32 bits per heavy atom. The molecule has 5 nitrogen and oxygen atoms in total. The highest BCUT2D eigenvalue weighted by molar-refractivity contribution is 5.90. The third kappa shape index (κ3) is 2.43. The minimum atomic E-state index is -0.371. The summed E-state index contributed by atoms with van der Waals surface area (Å²) in [5.41, 5.74) is 8.62. The lowest BCUT2D eigenvalue weighted by Crippen LogP contribution is -2.17. The summed E-state index contributed by atoms with van der Waals surface area (Å²) in [5, 5.41) is 0. The Kier molecular flexibility index (Phi) is 3.56. The summed E-state index contributed by atoms with van der Waals surface area (Å²) in [4.78, 5) is 20.8. The number of anilines is 1. The van der Waals surface area contributed by atoms with Gasteiger partial charge in [-0.1, -0.05) is 12.1 Å². The van der Waals surface area contributed by atoms with E-state index in [1.807, 2.05) is 31.2 Å². The van der Waals surface area contributed by atoms with E-state index in [9.17, 15) is 4.79 Å². The Morgan fingerprint density at radius 2 is 2.00 bits per heavy atom. The van der Waals surface area contributed by atoms with Gasteiger partial charge in [0.2, 0.25) is 0 Å². The average Bonchev–Trinajstić information content (AvgIpc) is 3.29. The number of aromatic nitrogens is 2. The molecule has 1 heterocycles. The Balaban J connectivity index is 1.94. The monoisotopic (exact) mass is 297 g/mol. The Hall–Kier alpha value is -2.43. The number of hydrogen-bond acceptors (Lipinski definition) is 5. The minimum Gasteiger partial charge on any atom is -0.462 e. The number of esters is 1. The molecule has 1 saturated carbocycles. The third-order valence-corrected chi connectivity index (χ3v) is 4.12. The van der Waals surface area contributed by atoms with Crippen LogP contribution in [-0.4, -0.2) is 22.5 Å². The summed E-state index contributed by atoms with van der Waals surface area (Å²) in [5.74, 6) is 0.395. The van der Waals surface area contributed by atoms with Crippen molar-refractivity contribution >= 4 is 11.7 Å². The summed E-state index contributed by atoms with van der Waals surface area (Å²) in [6.07, 6.45) is 3.59. The van der Waals surface area contributed by atoms with E-state index < -0.39 is 0 Å². The van der Waals surface area contributed by atoms with Crippen LogP contribution in [0.4, 0.5) is 5.69 Å². The zero-order chi connectivity index (χ0) is 15.7.